The van der Waals surface area contributed by atoms with Crippen LogP contribution in [-0.4, -0.2) is 14.7 Å². The van der Waals surface area contributed by atoms with E-state index >= 15 is 0 Å². The first kappa shape index (κ1) is 16.1. The third-order valence-corrected chi connectivity index (χ3v) is 4.08. The Labute approximate surface area is 145 Å². The zero-order valence-corrected chi connectivity index (χ0v) is 13.8. The van der Waals surface area contributed by atoms with Gasteiger partial charge in [0.25, 0.3) is 0 Å². The molecule has 0 bridgehead atoms. The van der Waals surface area contributed by atoms with Gasteiger partial charge in [-0.3, -0.25) is 0 Å². The Morgan fingerprint density at radius 3 is 2.48 bits per heavy atom. The molecular formula is C19H15N5O. The van der Waals surface area contributed by atoms with Gasteiger partial charge in [-0.05, 0) is 42.8 Å². The van der Waals surface area contributed by atoms with Crippen molar-refractivity contribution < 1.29 is 5.11 Å². The standard InChI is InChI=1S/C19H15N5O/c1-11-5-14(25)3-4-15(11)18-7-16(17(9-21)19(22)23-18)12-6-13(8-20)24(2)10-12/h3-7,10,25H,1-2H3,(H2,22,23). The van der Waals surface area contributed by atoms with E-state index in [1.807, 2.05) is 6.92 Å². The van der Waals surface area contributed by atoms with Crippen molar-refractivity contribution in [2.24, 2.45) is 7.05 Å². The number of nitrogen functional groups attached to an aromatic ring is 1. The van der Waals surface area contributed by atoms with Crippen molar-refractivity contribution in [3.63, 3.8) is 0 Å². The Kier molecular flexibility index (Phi) is 3.88. The number of nitrogens with two attached hydrogens (primary N) is 1. The molecule has 0 radical (unpaired) electrons. The zero-order chi connectivity index (χ0) is 18.1. The molecule has 1 aromatic carbocycles. The van der Waals surface area contributed by atoms with Gasteiger partial charge < -0.3 is 15.4 Å². The molecule has 0 amide bonds. The van der Waals surface area contributed by atoms with E-state index in [9.17, 15) is 10.4 Å². The van der Waals surface area contributed by atoms with E-state index in [-0.39, 0.29) is 17.1 Å². The summed E-state index contributed by atoms with van der Waals surface area (Å²) in [4.78, 5) is 4.34. The topological polar surface area (TPSA) is 112 Å². The van der Waals surface area contributed by atoms with Gasteiger partial charge in [-0.25, -0.2) is 4.98 Å². The van der Waals surface area contributed by atoms with Crippen LogP contribution in [0.1, 0.15) is 16.8 Å². The van der Waals surface area contributed by atoms with Gasteiger partial charge in [0.15, 0.2) is 0 Å². The number of aryl methyl sites for hydroxylation is 2. The summed E-state index contributed by atoms with van der Waals surface area (Å²) in [6, 6.07) is 12.7. The monoisotopic (exact) mass is 329 g/mol. The number of phenols is 1. The fourth-order valence-corrected chi connectivity index (χ4v) is 2.81. The molecule has 3 rings (SSSR count). The Morgan fingerprint density at radius 2 is 1.88 bits per heavy atom. The summed E-state index contributed by atoms with van der Waals surface area (Å²) >= 11 is 0. The molecule has 2 heterocycles. The van der Waals surface area contributed by atoms with Gasteiger partial charge in [0.05, 0.1) is 5.69 Å². The van der Waals surface area contributed by atoms with Crippen LogP contribution in [0.2, 0.25) is 0 Å². The number of rotatable bonds is 2. The lowest BCUT2D eigenvalue weighted by Gasteiger charge is -2.11. The number of nitrogens with zero attached hydrogens (tertiary/aromatic N) is 4. The maximum Gasteiger partial charge on any atom is 0.142 e. The molecule has 0 aliphatic rings. The SMILES string of the molecule is Cc1cc(O)ccc1-c1cc(-c2cc(C#N)n(C)c2)c(C#N)c(N)n1. The van der Waals surface area contributed by atoms with Crippen molar-refractivity contribution in [3.8, 4) is 40.3 Å². The fraction of sp³-hybridized carbons (Fsp3) is 0.105. The predicted octanol–water partition coefficient (Wildman–Crippen LogP) is 3.09. The lowest BCUT2D eigenvalue weighted by Crippen LogP contribution is -2.00. The van der Waals surface area contributed by atoms with Crippen molar-refractivity contribution in [3.05, 3.63) is 53.3 Å². The van der Waals surface area contributed by atoms with Gasteiger partial charge in [0.1, 0.15) is 35.0 Å². The van der Waals surface area contributed by atoms with Crippen LogP contribution in [0.25, 0.3) is 22.4 Å². The number of benzene rings is 1. The minimum Gasteiger partial charge on any atom is -0.508 e. The second kappa shape index (κ2) is 6.03. The van der Waals surface area contributed by atoms with Crippen molar-refractivity contribution in [2.75, 3.05) is 5.73 Å². The number of aromatic nitrogens is 2. The van der Waals surface area contributed by atoms with E-state index in [0.717, 1.165) is 16.7 Å². The van der Waals surface area contributed by atoms with Crippen LogP contribution in [0.15, 0.2) is 36.5 Å². The molecule has 0 aliphatic carbocycles. The number of phenolic OH excluding ortho intramolecular Hbond substituents is 1. The van der Waals surface area contributed by atoms with Gasteiger partial charge in [0, 0.05) is 29.9 Å². The van der Waals surface area contributed by atoms with Crippen LogP contribution in [0, 0.1) is 29.6 Å². The minimum absolute atomic E-state index is 0.129. The average Bonchev–Trinajstić information content (AvgIpc) is 2.95. The van der Waals surface area contributed by atoms with E-state index in [0.29, 0.717) is 17.0 Å². The van der Waals surface area contributed by atoms with Gasteiger partial charge in [-0.2, -0.15) is 10.5 Å². The average molecular weight is 329 g/mol. The summed E-state index contributed by atoms with van der Waals surface area (Å²) in [5.74, 6) is 0.301. The summed E-state index contributed by atoms with van der Waals surface area (Å²) < 4.78 is 1.69. The molecule has 0 atom stereocenters. The molecule has 25 heavy (non-hydrogen) atoms. The number of anilines is 1. The molecule has 0 fully saturated rings. The summed E-state index contributed by atoms with van der Waals surface area (Å²) in [6.45, 7) is 1.86. The van der Waals surface area contributed by atoms with Crippen LogP contribution in [0.3, 0.4) is 0 Å². The summed E-state index contributed by atoms with van der Waals surface area (Å²) in [7, 11) is 1.77. The van der Waals surface area contributed by atoms with Gasteiger partial charge in [-0.15, -0.1) is 0 Å². The molecule has 0 saturated heterocycles. The molecule has 6 heteroatoms. The highest BCUT2D eigenvalue weighted by Gasteiger charge is 2.16. The highest BCUT2D eigenvalue weighted by atomic mass is 16.3. The van der Waals surface area contributed by atoms with E-state index in [1.54, 1.807) is 48.1 Å². The maximum atomic E-state index is 9.59. The zero-order valence-electron chi connectivity index (χ0n) is 13.8. The number of pyridine rings is 1. The third-order valence-electron chi connectivity index (χ3n) is 4.08. The number of hydrogen-bond acceptors (Lipinski definition) is 5. The van der Waals surface area contributed by atoms with Crippen LogP contribution < -0.4 is 5.73 Å². The highest BCUT2D eigenvalue weighted by Crippen LogP contribution is 2.33. The molecule has 3 aromatic rings. The molecule has 3 N–H and O–H groups in total. The predicted molar refractivity (Wildman–Crippen MR) is 94.3 cm³/mol. The molecule has 0 aliphatic heterocycles. The first-order valence-corrected chi connectivity index (χ1v) is 7.52. The molecule has 0 saturated carbocycles. The first-order chi connectivity index (χ1) is 11.9. The van der Waals surface area contributed by atoms with E-state index in [4.69, 9.17) is 11.0 Å². The van der Waals surface area contributed by atoms with Gasteiger partial charge in [-0.1, -0.05) is 0 Å². The maximum absolute atomic E-state index is 9.59. The van der Waals surface area contributed by atoms with Crippen molar-refractivity contribution in [1.82, 2.24) is 9.55 Å². The van der Waals surface area contributed by atoms with Gasteiger partial charge in [0.2, 0.25) is 0 Å². The molecule has 0 unspecified atom stereocenters. The second-order valence-electron chi connectivity index (χ2n) is 5.76. The fourth-order valence-electron chi connectivity index (χ4n) is 2.81. The van der Waals surface area contributed by atoms with Crippen LogP contribution in [0.5, 0.6) is 5.75 Å². The summed E-state index contributed by atoms with van der Waals surface area (Å²) in [5.41, 5.74) is 10.4. The molecule has 0 spiro atoms. The molecule has 6 nitrogen and oxygen atoms in total. The van der Waals surface area contributed by atoms with Crippen molar-refractivity contribution in [1.29, 1.82) is 10.5 Å². The van der Waals surface area contributed by atoms with Crippen LogP contribution in [0.4, 0.5) is 5.82 Å². The Balaban J connectivity index is 2.26. The number of nitriles is 2. The molecule has 122 valence electrons. The van der Waals surface area contributed by atoms with Crippen molar-refractivity contribution in [2.45, 2.75) is 6.92 Å². The lowest BCUT2D eigenvalue weighted by molar-refractivity contribution is 0.475. The lowest BCUT2D eigenvalue weighted by atomic mass is 9.98. The number of hydrogen-bond donors (Lipinski definition) is 2. The van der Waals surface area contributed by atoms with E-state index in [1.165, 1.54) is 0 Å². The largest absolute Gasteiger partial charge is 0.508 e. The minimum atomic E-state index is 0.129. The quantitative estimate of drug-likeness (QED) is 0.750. The van der Waals surface area contributed by atoms with Crippen LogP contribution in [-0.2, 0) is 7.05 Å². The van der Waals surface area contributed by atoms with Crippen molar-refractivity contribution >= 4 is 5.82 Å². The Morgan fingerprint density at radius 1 is 1.12 bits per heavy atom. The van der Waals surface area contributed by atoms with Gasteiger partial charge >= 0.3 is 0 Å². The first-order valence-electron chi connectivity index (χ1n) is 7.52. The number of aromatic hydroxyl groups is 1. The highest BCUT2D eigenvalue weighted by molar-refractivity contribution is 5.81. The normalized spacial score (nSPS) is 10.2. The summed E-state index contributed by atoms with van der Waals surface area (Å²) in [5, 5.41) is 28.2. The second-order valence-corrected chi connectivity index (χ2v) is 5.76. The van der Waals surface area contributed by atoms with E-state index in [2.05, 4.69) is 17.1 Å². The summed E-state index contributed by atoms with van der Waals surface area (Å²) in [6.07, 6.45) is 1.78. The Hall–Kier alpha value is -3.77. The van der Waals surface area contributed by atoms with Crippen LogP contribution >= 0.6 is 0 Å². The Bertz CT molecular complexity index is 1070. The molecule has 2 aromatic heterocycles. The molecular weight excluding hydrogens is 314 g/mol. The van der Waals surface area contributed by atoms with E-state index < -0.39 is 0 Å². The smallest absolute Gasteiger partial charge is 0.142 e. The third kappa shape index (κ3) is 2.77.